The van der Waals surface area contributed by atoms with Gasteiger partial charge in [0, 0.05) is 6.42 Å². The van der Waals surface area contributed by atoms with Crippen molar-refractivity contribution < 1.29 is 38.7 Å². The fourth-order valence-corrected chi connectivity index (χ4v) is 3.13. The molecular formula is C36H44O8. The summed E-state index contributed by atoms with van der Waals surface area (Å²) in [5.74, 6) is -2.28. The molecule has 2 N–H and O–H groups in total. The van der Waals surface area contributed by atoms with Gasteiger partial charge >= 0.3 is 24.0 Å². The summed E-state index contributed by atoms with van der Waals surface area (Å²) in [5, 5.41) is 18.5. The molecule has 8 nitrogen and oxygen atoms in total. The summed E-state index contributed by atoms with van der Waals surface area (Å²) in [6, 6.07) is 34.9. The maximum Gasteiger partial charge on any atom is 0.390 e. The van der Waals surface area contributed by atoms with Crippen LogP contribution in [0.3, 0.4) is 0 Å². The highest BCUT2D eigenvalue weighted by atomic mass is 16.7. The highest BCUT2D eigenvalue weighted by molar-refractivity contribution is 5.76. The molecule has 0 aliphatic carbocycles. The third-order valence-electron chi connectivity index (χ3n) is 5.02. The van der Waals surface area contributed by atoms with E-state index in [1.807, 2.05) is 24.3 Å². The smallest absolute Gasteiger partial charge is 0.390 e. The van der Waals surface area contributed by atoms with Crippen LogP contribution < -0.4 is 18.9 Å². The Kier molecular flexibility index (Phi) is 18.3. The van der Waals surface area contributed by atoms with Crippen LogP contribution in [0.5, 0.6) is 23.0 Å². The van der Waals surface area contributed by atoms with Gasteiger partial charge in [0.1, 0.15) is 23.0 Å². The number of hydrogen-bond acceptors (Lipinski definition) is 6. The predicted octanol–water partition coefficient (Wildman–Crippen LogP) is 8.72. The van der Waals surface area contributed by atoms with Crippen LogP contribution in [0.15, 0.2) is 121 Å². The van der Waals surface area contributed by atoms with Crippen molar-refractivity contribution in [2.45, 2.75) is 66.0 Å². The van der Waals surface area contributed by atoms with Gasteiger partial charge < -0.3 is 29.2 Å². The molecule has 0 aliphatic heterocycles. The monoisotopic (exact) mass is 604 g/mol. The number of carboxylic acids is 2. The number of aliphatic carboxylic acids is 2. The van der Waals surface area contributed by atoms with Crippen molar-refractivity contribution in [1.29, 1.82) is 0 Å². The van der Waals surface area contributed by atoms with Crippen molar-refractivity contribution >= 4 is 11.9 Å². The zero-order valence-electron chi connectivity index (χ0n) is 26.1. The van der Waals surface area contributed by atoms with Crippen LogP contribution >= 0.6 is 0 Å². The summed E-state index contributed by atoms with van der Waals surface area (Å²) in [6.45, 7) is 10.2. The standard InChI is InChI=1S/C16H16O4.C14H12O4.2C3H8/c1-2-16(15(17)18,19-13-9-5-3-6-10-13)20-14-11-7-4-8-12-14;15-13(16)14(17-11-7-3-1-4-8-11)18-12-9-5-2-6-10-12;2*1-3-2/h3-12H,2H2,1H3,(H,17,18);1-10,14H,(H,15,16);2*3H2,1-2H3. The van der Waals surface area contributed by atoms with Gasteiger partial charge in [-0.2, -0.15) is 0 Å². The summed E-state index contributed by atoms with van der Waals surface area (Å²) >= 11 is 0. The molecule has 4 aromatic rings. The molecule has 8 heteroatoms. The first kappa shape index (κ1) is 37.0. The maximum absolute atomic E-state index is 11.6. The van der Waals surface area contributed by atoms with E-state index in [-0.39, 0.29) is 6.42 Å². The molecule has 0 unspecified atom stereocenters. The lowest BCUT2D eigenvalue weighted by molar-refractivity contribution is -0.186. The number of benzene rings is 4. The summed E-state index contributed by atoms with van der Waals surface area (Å²) in [7, 11) is 0. The fraction of sp³-hybridized carbons (Fsp3) is 0.278. The molecule has 4 rings (SSSR count). The van der Waals surface area contributed by atoms with E-state index in [0.29, 0.717) is 23.0 Å². The van der Waals surface area contributed by atoms with Crippen LogP contribution in [0.25, 0.3) is 0 Å². The molecule has 0 radical (unpaired) electrons. The lowest BCUT2D eigenvalue weighted by atomic mass is 10.2. The van der Waals surface area contributed by atoms with Gasteiger partial charge in [-0.1, -0.05) is 120 Å². The van der Waals surface area contributed by atoms with Crippen molar-refractivity contribution in [2.75, 3.05) is 0 Å². The molecule has 0 aromatic heterocycles. The SMILES string of the molecule is CCC.CCC.CCC(Oc1ccccc1)(Oc1ccccc1)C(=O)O.O=C(O)C(Oc1ccccc1)Oc1ccccc1. The second kappa shape index (κ2) is 21.7. The molecule has 44 heavy (non-hydrogen) atoms. The minimum atomic E-state index is -1.73. The highest BCUT2D eigenvalue weighted by Crippen LogP contribution is 2.26. The summed E-state index contributed by atoms with van der Waals surface area (Å²) in [5.41, 5.74) is 0. The minimum Gasteiger partial charge on any atom is -0.476 e. The van der Waals surface area contributed by atoms with Gasteiger partial charge in [0.05, 0.1) is 0 Å². The van der Waals surface area contributed by atoms with Crippen LogP contribution in [0.1, 0.15) is 53.9 Å². The van der Waals surface area contributed by atoms with Gasteiger partial charge in [0.25, 0.3) is 0 Å². The molecule has 0 saturated carbocycles. The Morgan fingerprint density at radius 1 is 0.545 bits per heavy atom. The van der Waals surface area contributed by atoms with Crippen molar-refractivity contribution in [1.82, 2.24) is 0 Å². The molecule has 0 heterocycles. The number of para-hydroxylation sites is 4. The first-order valence-electron chi connectivity index (χ1n) is 14.6. The van der Waals surface area contributed by atoms with Gasteiger partial charge in [-0.05, 0) is 48.5 Å². The third-order valence-corrected chi connectivity index (χ3v) is 5.02. The Labute approximate surface area is 260 Å². The van der Waals surface area contributed by atoms with Crippen LogP contribution in [-0.2, 0) is 9.59 Å². The lowest BCUT2D eigenvalue weighted by Crippen LogP contribution is -2.49. The maximum atomic E-state index is 11.6. The number of ether oxygens (including phenoxy) is 4. The molecule has 0 fully saturated rings. The Morgan fingerprint density at radius 2 is 0.818 bits per heavy atom. The first-order chi connectivity index (χ1) is 21.2. The van der Waals surface area contributed by atoms with E-state index < -0.39 is 24.0 Å². The minimum absolute atomic E-state index is 0.173. The molecule has 0 bridgehead atoms. The topological polar surface area (TPSA) is 112 Å². The number of rotatable bonds is 11. The van der Waals surface area contributed by atoms with Gasteiger partial charge in [0.15, 0.2) is 0 Å². The Hall–Kier alpha value is -4.98. The highest BCUT2D eigenvalue weighted by Gasteiger charge is 2.42. The molecule has 4 aromatic carbocycles. The van der Waals surface area contributed by atoms with E-state index in [4.69, 9.17) is 24.1 Å². The second-order valence-electron chi connectivity index (χ2n) is 9.19. The molecule has 0 aliphatic rings. The molecule has 0 saturated heterocycles. The first-order valence-corrected chi connectivity index (χ1v) is 14.6. The Morgan fingerprint density at radius 3 is 1.05 bits per heavy atom. The largest absolute Gasteiger partial charge is 0.476 e. The van der Waals surface area contributed by atoms with Crippen molar-refractivity contribution in [2.24, 2.45) is 0 Å². The van der Waals surface area contributed by atoms with Crippen LogP contribution in [0.2, 0.25) is 0 Å². The average molecular weight is 605 g/mol. The van der Waals surface area contributed by atoms with Crippen LogP contribution in [0.4, 0.5) is 0 Å². The summed E-state index contributed by atoms with van der Waals surface area (Å²) in [4.78, 5) is 22.7. The van der Waals surface area contributed by atoms with E-state index in [1.165, 1.54) is 12.8 Å². The zero-order chi connectivity index (χ0) is 32.6. The Bertz CT molecular complexity index is 1200. The molecule has 0 spiro atoms. The van der Waals surface area contributed by atoms with E-state index in [0.717, 1.165) is 0 Å². The van der Waals surface area contributed by atoms with Gasteiger partial charge in [-0.3, -0.25) is 0 Å². The van der Waals surface area contributed by atoms with Crippen molar-refractivity contribution in [3.05, 3.63) is 121 Å². The number of carbonyl (C=O) groups is 2. The number of carboxylic acid groups (broad SMARTS) is 2. The molecular weight excluding hydrogens is 560 g/mol. The average Bonchev–Trinajstić information content (AvgIpc) is 3.03. The summed E-state index contributed by atoms with van der Waals surface area (Å²) < 4.78 is 21.7. The molecule has 0 amide bonds. The van der Waals surface area contributed by atoms with Crippen molar-refractivity contribution in [3.63, 3.8) is 0 Å². The molecule has 236 valence electrons. The number of hydrogen-bond donors (Lipinski definition) is 2. The second-order valence-corrected chi connectivity index (χ2v) is 9.19. The zero-order valence-corrected chi connectivity index (χ0v) is 26.1. The summed E-state index contributed by atoms with van der Waals surface area (Å²) in [6.07, 6.45) is 1.31. The van der Waals surface area contributed by atoms with Crippen LogP contribution in [0, 0.1) is 0 Å². The normalized spacial score (nSPS) is 9.86. The third kappa shape index (κ3) is 14.3. The lowest BCUT2D eigenvalue weighted by Gasteiger charge is -2.29. The van der Waals surface area contributed by atoms with E-state index in [1.54, 1.807) is 104 Å². The van der Waals surface area contributed by atoms with Crippen LogP contribution in [-0.4, -0.2) is 34.2 Å². The van der Waals surface area contributed by atoms with Gasteiger partial charge in [-0.15, -0.1) is 0 Å². The van der Waals surface area contributed by atoms with E-state index in [2.05, 4.69) is 27.7 Å². The van der Waals surface area contributed by atoms with E-state index in [9.17, 15) is 14.7 Å². The van der Waals surface area contributed by atoms with Crippen molar-refractivity contribution in [3.8, 4) is 23.0 Å². The van der Waals surface area contributed by atoms with Gasteiger partial charge in [0.2, 0.25) is 0 Å². The predicted molar refractivity (Wildman–Crippen MR) is 172 cm³/mol. The fourth-order valence-electron chi connectivity index (χ4n) is 3.13. The van der Waals surface area contributed by atoms with Gasteiger partial charge in [-0.25, -0.2) is 9.59 Å². The quantitative estimate of drug-likeness (QED) is 0.164. The molecule has 0 atom stereocenters. The van der Waals surface area contributed by atoms with E-state index >= 15 is 0 Å². The Balaban J connectivity index is 0.000000375.